The van der Waals surface area contributed by atoms with Gasteiger partial charge in [-0.2, -0.15) is 5.10 Å². The Bertz CT molecular complexity index is 466. The van der Waals surface area contributed by atoms with Crippen LogP contribution in [0.1, 0.15) is 6.42 Å². The first-order valence-electron chi connectivity index (χ1n) is 4.53. The standard InChI is InChI=1S/C9H10F2N4/c10-7(11)3-4-15-9-6(5-13-15)1-2-8(12)14-9/h1-2,5,7H,3-4H2,(H2,12,14). The highest BCUT2D eigenvalue weighted by Gasteiger charge is 2.07. The maximum atomic E-state index is 12.0. The number of nitrogens with two attached hydrogens (primary N) is 1. The Hall–Kier alpha value is -1.72. The predicted molar refractivity (Wildman–Crippen MR) is 52.6 cm³/mol. The fourth-order valence-electron chi connectivity index (χ4n) is 1.35. The lowest BCUT2D eigenvalue weighted by Crippen LogP contribution is -2.05. The molecule has 2 heterocycles. The van der Waals surface area contributed by atoms with Gasteiger partial charge in [0.15, 0.2) is 5.65 Å². The van der Waals surface area contributed by atoms with Gasteiger partial charge in [0.25, 0.3) is 0 Å². The van der Waals surface area contributed by atoms with E-state index in [0.29, 0.717) is 11.5 Å². The molecule has 0 aliphatic rings. The summed E-state index contributed by atoms with van der Waals surface area (Å²) >= 11 is 0. The van der Waals surface area contributed by atoms with Crippen LogP contribution in [0.25, 0.3) is 11.0 Å². The minimum Gasteiger partial charge on any atom is -0.384 e. The first-order valence-corrected chi connectivity index (χ1v) is 4.53. The number of alkyl halides is 2. The molecule has 0 aromatic carbocycles. The molecule has 0 saturated carbocycles. The normalized spacial score (nSPS) is 11.4. The first-order chi connectivity index (χ1) is 7.16. The van der Waals surface area contributed by atoms with E-state index in [4.69, 9.17) is 5.73 Å². The SMILES string of the molecule is Nc1ccc2cnn(CCC(F)F)c2n1. The van der Waals surface area contributed by atoms with Crippen molar-refractivity contribution in [1.82, 2.24) is 14.8 Å². The Balaban J connectivity index is 2.31. The van der Waals surface area contributed by atoms with E-state index >= 15 is 0 Å². The van der Waals surface area contributed by atoms with Crippen LogP contribution in [0.5, 0.6) is 0 Å². The summed E-state index contributed by atoms with van der Waals surface area (Å²) in [5, 5.41) is 4.78. The molecule has 0 bridgehead atoms. The molecule has 0 atom stereocenters. The molecular formula is C9H10F2N4. The molecule has 2 rings (SSSR count). The smallest absolute Gasteiger partial charge is 0.240 e. The molecule has 15 heavy (non-hydrogen) atoms. The van der Waals surface area contributed by atoms with Gasteiger partial charge in [0.2, 0.25) is 6.43 Å². The Morgan fingerprint density at radius 3 is 2.93 bits per heavy atom. The number of fused-ring (bicyclic) bond motifs is 1. The highest BCUT2D eigenvalue weighted by molar-refractivity contribution is 5.76. The monoisotopic (exact) mass is 212 g/mol. The second kappa shape index (κ2) is 3.80. The number of nitrogens with zero attached hydrogens (tertiary/aromatic N) is 3. The highest BCUT2D eigenvalue weighted by atomic mass is 19.3. The number of pyridine rings is 1. The molecule has 0 spiro atoms. The molecule has 2 aromatic rings. The number of rotatable bonds is 3. The van der Waals surface area contributed by atoms with Crippen LogP contribution in [0.2, 0.25) is 0 Å². The number of hydrogen-bond acceptors (Lipinski definition) is 3. The lowest BCUT2D eigenvalue weighted by molar-refractivity contribution is 0.130. The predicted octanol–water partition coefficient (Wildman–Crippen LogP) is 1.67. The van der Waals surface area contributed by atoms with Crippen LogP contribution in [0.3, 0.4) is 0 Å². The molecule has 0 unspecified atom stereocenters. The zero-order valence-corrected chi connectivity index (χ0v) is 7.90. The van der Waals surface area contributed by atoms with Crippen LogP contribution >= 0.6 is 0 Å². The van der Waals surface area contributed by atoms with Gasteiger partial charge in [-0.25, -0.2) is 18.4 Å². The van der Waals surface area contributed by atoms with E-state index in [9.17, 15) is 8.78 Å². The number of anilines is 1. The van der Waals surface area contributed by atoms with Crippen molar-refractivity contribution in [2.45, 2.75) is 19.4 Å². The summed E-state index contributed by atoms with van der Waals surface area (Å²) < 4.78 is 25.5. The van der Waals surface area contributed by atoms with Gasteiger partial charge in [-0.1, -0.05) is 0 Å². The van der Waals surface area contributed by atoms with Crippen LogP contribution in [-0.2, 0) is 6.54 Å². The zero-order chi connectivity index (χ0) is 10.8. The molecule has 4 nitrogen and oxygen atoms in total. The maximum absolute atomic E-state index is 12.0. The van der Waals surface area contributed by atoms with Gasteiger partial charge in [-0.3, -0.25) is 0 Å². The van der Waals surface area contributed by atoms with Crippen LogP contribution in [0, 0.1) is 0 Å². The molecule has 2 aromatic heterocycles. The summed E-state index contributed by atoms with van der Waals surface area (Å²) in [6.45, 7) is 0.150. The molecule has 80 valence electrons. The van der Waals surface area contributed by atoms with E-state index in [1.807, 2.05) is 0 Å². The summed E-state index contributed by atoms with van der Waals surface area (Å²) in [6, 6.07) is 3.42. The van der Waals surface area contributed by atoms with Crippen molar-refractivity contribution in [3.8, 4) is 0 Å². The number of nitrogen functional groups attached to an aromatic ring is 1. The van der Waals surface area contributed by atoms with Crippen molar-refractivity contribution in [1.29, 1.82) is 0 Å². The summed E-state index contributed by atoms with van der Waals surface area (Å²) in [4.78, 5) is 4.05. The average molecular weight is 212 g/mol. The lowest BCUT2D eigenvalue weighted by Gasteiger charge is -2.02. The number of aryl methyl sites for hydroxylation is 1. The molecule has 2 N–H and O–H groups in total. The first kappa shape index (κ1) is 9.82. The van der Waals surface area contributed by atoms with Crippen molar-refractivity contribution in [3.05, 3.63) is 18.3 Å². The Kier molecular flexibility index (Phi) is 2.49. The summed E-state index contributed by atoms with van der Waals surface area (Å²) in [7, 11) is 0. The van der Waals surface area contributed by atoms with Crippen LogP contribution in [0.4, 0.5) is 14.6 Å². The van der Waals surface area contributed by atoms with E-state index in [2.05, 4.69) is 10.1 Å². The molecular weight excluding hydrogens is 202 g/mol. The van der Waals surface area contributed by atoms with Crippen LogP contribution in [-0.4, -0.2) is 21.2 Å². The average Bonchev–Trinajstić information content (AvgIpc) is 2.57. The van der Waals surface area contributed by atoms with Crippen molar-refractivity contribution in [2.75, 3.05) is 5.73 Å². The fraction of sp³-hybridized carbons (Fsp3) is 0.333. The highest BCUT2D eigenvalue weighted by Crippen LogP contribution is 2.14. The van der Waals surface area contributed by atoms with Crippen molar-refractivity contribution in [3.63, 3.8) is 0 Å². The topological polar surface area (TPSA) is 56.7 Å². The van der Waals surface area contributed by atoms with Crippen molar-refractivity contribution >= 4 is 16.9 Å². The van der Waals surface area contributed by atoms with Gasteiger partial charge in [-0.15, -0.1) is 0 Å². The minimum absolute atomic E-state index is 0.150. The summed E-state index contributed by atoms with van der Waals surface area (Å²) in [6.07, 6.45) is -0.967. The minimum atomic E-state index is -2.33. The quantitative estimate of drug-likeness (QED) is 0.841. The number of halogens is 2. The third-order valence-electron chi connectivity index (χ3n) is 2.07. The van der Waals surface area contributed by atoms with Crippen molar-refractivity contribution < 1.29 is 8.78 Å². The number of aromatic nitrogens is 3. The second-order valence-electron chi connectivity index (χ2n) is 3.20. The van der Waals surface area contributed by atoms with E-state index in [0.717, 1.165) is 5.39 Å². The van der Waals surface area contributed by atoms with E-state index in [1.165, 1.54) is 4.68 Å². The second-order valence-corrected chi connectivity index (χ2v) is 3.20. The fourth-order valence-corrected chi connectivity index (χ4v) is 1.35. The van der Waals surface area contributed by atoms with Crippen LogP contribution < -0.4 is 5.73 Å². The van der Waals surface area contributed by atoms with Gasteiger partial charge in [0.05, 0.1) is 6.20 Å². The largest absolute Gasteiger partial charge is 0.384 e. The Morgan fingerprint density at radius 1 is 1.40 bits per heavy atom. The molecule has 0 aliphatic heterocycles. The summed E-state index contributed by atoms with van der Waals surface area (Å²) in [5.74, 6) is 0.362. The third-order valence-corrected chi connectivity index (χ3v) is 2.07. The van der Waals surface area contributed by atoms with E-state index in [-0.39, 0.29) is 13.0 Å². The number of hydrogen-bond donors (Lipinski definition) is 1. The summed E-state index contributed by atoms with van der Waals surface area (Å²) in [5.41, 5.74) is 6.06. The third kappa shape index (κ3) is 2.03. The molecule has 0 aliphatic carbocycles. The molecule has 0 fully saturated rings. The van der Waals surface area contributed by atoms with Crippen molar-refractivity contribution in [2.24, 2.45) is 0 Å². The van der Waals surface area contributed by atoms with Gasteiger partial charge in [-0.05, 0) is 12.1 Å². The Labute approximate surface area is 84.7 Å². The maximum Gasteiger partial charge on any atom is 0.240 e. The lowest BCUT2D eigenvalue weighted by atomic mass is 10.3. The molecule has 0 radical (unpaired) electrons. The van der Waals surface area contributed by atoms with Gasteiger partial charge >= 0.3 is 0 Å². The zero-order valence-electron chi connectivity index (χ0n) is 7.90. The van der Waals surface area contributed by atoms with Gasteiger partial charge in [0.1, 0.15) is 5.82 Å². The molecule has 0 amide bonds. The van der Waals surface area contributed by atoms with Crippen LogP contribution in [0.15, 0.2) is 18.3 Å². The van der Waals surface area contributed by atoms with Gasteiger partial charge in [0, 0.05) is 18.4 Å². The Morgan fingerprint density at radius 2 is 2.20 bits per heavy atom. The molecule has 6 heteroatoms. The van der Waals surface area contributed by atoms with E-state index in [1.54, 1.807) is 18.3 Å². The molecule has 0 saturated heterocycles. The van der Waals surface area contributed by atoms with Gasteiger partial charge < -0.3 is 5.73 Å². The van der Waals surface area contributed by atoms with E-state index < -0.39 is 6.43 Å².